The quantitative estimate of drug-likeness (QED) is 0.794. The van der Waals surface area contributed by atoms with Crippen LogP contribution in [0.5, 0.6) is 0 Å². The standard InChI is InChI=1S/C13H20N2/c1-9-5-6-12-11(4-3-7-14)8-15-13(12)10(9)2/h5-6,11,15H,3-4,7-8,14H2,1-2H3. The van der Waals surface area contributed by atoms with Gasteiger partial charge in [-0.15, -0.1) is 0 Å². The van der Waals surface area contributed by atoms with Crippen molar-refractivity contribution in [1.82, 2.24) is 0 Å². The van der Waals surface area contributed by atoms with Crippen molar-refractivity contribution in [2.75, 3.05) is 18.4 Å². The van der Waals surface area contributed by atoms with Crippen LogP contribution in [0.25, 0.3) is 0 Å². The van der Waals surface area contributed by atoms with E-state index in [1.165, 1.54) is 28.8 Å². The molecule has 0 spiro atoms. The summed E-state index contributed by atoms with van der Waals surface area (Å²) in [5.74, 6) is 0.669. The number of hydrogen-bond acceptors (Lipinski definition) is 2. The Bertz CT molecular complexity index is 358. The van der Waals surface area contributed by atoms with Crippen molar-refractivity contribution >= 4 is 5.69 Å². The Morgan fingerprint density at radius 2 is 2.20 bits per heavy atom. The monoisotopic (exact) mass is 204 g/mol. The molecular formula is C13H20N2. The van der Waals surface area contributed by atoms with Gasteiger partial charge in [-0.25, -0.2) is 0 Å². The van der Waals surface area contributed by atoms with Crippen LogP contribution in [-0.4, -0.2) is 13.1 Å². The number of nitrogens with two attached hydrogens (primary N) is 1. The molecule has 2 nitrogen and oxygen atoms in total. The van der Waals surface area contributed by atoms with E-state index in [9.17, 15) is 0 Å². The van der Waals surface area contributed by atoms with E-state index in [0.717, 1.165) is 19.5 Å². The van der Waals surface area contributed by atoms with Gasteiger partial charge >= 0.3 is 0 Å². The molecule has 1 heterocycles. The number of benzene rings is 1. The molecule has 1 aromatic rings. The van der Waals surface area contributed by atoms with E-state index < -0.39 is 0 Å². The minimum absolute atomic E-state index is 0.669. The topological polar surface area (TPSA) is 38.0 Å². The van der Waals surface area contributed by atoms with Crippen molar-refractivity contribution in [3.8, 4) is 0 Å². The smallest absolute Gasteiger partial charge is 0.0408 e. The first-order chi connectivity index (χ1) is 7.24. The van der Waals surface area contributed by atoms with Crippen molar-refractivity contribution in [2.45, 2.75) is 32.6 Å². The molecule has 0 amide bonds. The van der Waals surface area contributed by atoms with Gasteiger partial charge in [0.05, 0.1) is 0 Å². The lowest BCUT2D eigenvalue weighted by atomic mass is 9.93. The SMILES string of the molecule is Cc1ccc2c(c1C)NCC2CCCN. The Morgan fingerprint density at radius 3 is 2.93 bits per heavy atom. The number of rotatable bonds is 3. The third kappa shape index (κ3) is 1.86. The zero-order valence-corrected chi connectivity index (χ0v) is 9.64. The van der Waals surface area contributed by atoms with Crippen LogP contribution in [0.4, 0.5) is 5.69 Å². The minimum Gasteiger partial charge on any atom is -0.384 e. The molecule has 1 atom stereocenters. The molecule has 0 radical (unpaired) electrons. The Morgan fingerprint density at radius 1 is 1.40 bits per heavy atom. The van der Waals surface area contributed by atoms with Crippen LogP contribution < -0.4 is 11.1 Å². The van der Waals surface area contributed by atoms with Gasteiger partial charge in [0.2, 0.25) is 0 Å². The van der Waals surface area contributed by atoms with Crippen molar-refractivity contribution < 1.29 is 0 Å². The van der Waals surface area contributed by atoms with Gasteiger partial charge < -0.3 is 11.1 Å². The minimum atomic E-state index is 0.669. The molecule has 0 saturated carbocycles. The summed E-state index contributed by atoms with van der Waals surface area (Å²) in [5, 5.41) is 3.53. The van der Waals surface area contributed by atoms with Crippen molar-refractivity contribution in [3.63, 3.8) is 0 Å². The normalized spacial score (nSPS) is 18.7. The van der Waals surface area contributed by atoms with E-state index in [2.05, 4.69) is 31.3 Å². The Hall–Kier alpha value is -1.02. The number of nitrogens with one attached hydrogen (secondary N) is 1. The zero-order valence-electron chi connectivity index (χ0n) is 9.64. The highest BCUT2D eigenvalue weighted by atomic mass is 14.9. The summed E-state index contributed by atoms with van der Waals surface area (Å²) in [4.78, 5) is 0. The van der Waals surface area contributed by atoms with Gasteiger partial charge in [-0.1, -0.05) is 12.1 Å². The van der Waals surface area contributed by atoms with E-state index in [-0.39, 0.29) is 0 Å². The molecule has 0 fully saturated rings. The number of anilines is 1. The van der Waals surface area contributed by atoms with E-state index in [4.69, 9.17) is 5.73 Å². The largest absolute Gasteiger partial charge is 0.384 e. The third-order valence-electron chi connectivity index (χ3n) is 3.49. The fraction of sp³-hybridized carbons (Fsp3) is 0.538. The number of fused-ring (bicyclic) bond motifs is 1. The molecule has 3 N–H and O–H groups in total. The highest BCUT2D eigenvalue weighted by Crippen LogP contribution is 2.37. The van der Waals surface area contributed by atoms with Crippen molar-refractivity contribution in [3.05, 3.63) is 28.8 Å². The van der Waals surface area contributed by atoms with Crippen LogP contribution in [0.1, 0.15) is 35.4 Å². The van der Waals surface area contributed by atoms with Gasteiger partial charge in [-0.05, 0) is 49.9 Å². The predicted molar refractivity (Wildman–Crippen MR) is 65.4 cm³/mol. The predicted octanol–water partition coefficient (Wildman–Crippen LogP) is 2.55. The second-order valence-electron chi connectivity index (χ2n) is 4.48. The summed E-state index contributed by atoms with van der Waals surface area (Å²) >= 11 is 0. The molecular weight excluding hydrogens is 184 g/mol. The Kier molecular flexibility index (Phi) is 2.96. The molecule has 1 aliphatic heterocycles. The Balaban J connectivity index is 2.24. The lowest BCUT2D eigenvalue weighted by molar-refractivity contribution is 0.638. The van der Waals surface area contributed by atoms with Gasteiger partial charge in [0.25, 0.3) is 0 Å². The van der Waals surface area contributed by atoms with Crippen LogP contribution in [0.3, 0.4) is 0 Å². The fourth-order valence-electron chi connectivity index (χ4n) is 2.37. The molecule has 0 aliphatic carbocycles. The van der Waals surface area contributed by atoms with Crippen LogP contribution in [0.15, 0.2) is 12.1 Å². The van der Waals surface area contributed by atoms with Gasteiger partial charge in [-0.3, -0.25) is 0 Å². The molecule has 1 aromatic carbocycles. The highest BCUT2D eigenvalue weighted by molar-refractivity contribution is 5.64. The maximum atomic E-state index is 5.56. The van der Waals surface area contributed by atoms with E-state index in [0.29, 0.717) is 5.92 Å². The summed E-state index contributed by atoms with van der Waals surface area (Å²) in [6.45, 7) is 6.26. The van der Waals surface area contributed by atoms with Gasteiger partial charge in [0.15, 0.2) is 0 Å². The van der Waals surface area contributed by atoms with Crippen LogP contribution in [-0.2, 0) is 0 Å². The summed E-state index contributed by atoms with van der Waals surface area (Å²) < 4.78 is 0. The summed E-state index contributed by atoms with van der Waals surface area (Å²) in [5.41, 5.74) is 11.2. The Labute approximate surface area is 91.9 Å². The number of aryl methyl sites for hydroxylation is 1. The molecule has 82 valence electrons. The molecule has 0 aromatic heterocycles. The first-order valence-electron chi connectivity index (χ1n) is 5.78. The maximum Gasteiger partial charge on any atom is 0.0408 e. The fourth-order valence-corrected chi connectivity index (χ4v) is 2.37. The van der Waals surface area contributed by atoms with Gasteiger partial charge in [0.1, 0.15) is 0 Å². The van der Waals surface area contributed by atoms with Crippen LogP contribution >= 0.6 is 0 Å². The van der Waals surface area contributed by atoms with E-state index in [1.807, 2.05) is 0 Å². The van der Waals surface area contributed by atoms with Crippen LogP contribution in [0.2, 0.25) is 0 Å². The van der Waals surface area contributed by atoms with Crippen molar-refractivity contribution in [2.24, 2.45) is 5.73 Å². The molecule has 15 heavy (non-hydrogen) atoms. The lowest BCUT2D eigenvalue weighted by Gasteiger charge is -2.10. The average molecular weight is 204 g/mol. The molecule has 0 bridgehead atoms. The third-order valence-corrected chi connectivity index (χ3v) is 3.49. The first-order valence-corrected chi connectivity index (χ1v) is 5.78. The van der Waals surface area contributed by atoms with E-state index in [1.54, 1.807) is 0 Å². The van der Waals surface area contributed by atoms with Crippen molar-refractivity contribution in [1.29, 1.82) is 0 Å². The molecule has 2 rings (SSSR count). The second-order valence-corrected chi connectivity index (χ2v) is 4.48. The average Bonchev–Trinajstić information content (AvgIpc) is 2.64. The van der Waals surface area contributed by atoms with Crippen LogP contribution in [0, 0.1) is 13.8 Å². The summed E-state index contributed by atoms with van der Waals surface area (Å²) in [6.07, 6.45) is 2.33. The molecule has 1 aliphatic rings. The number of hydrogen-bond donors (Lipinski definition) is 2. The summed E-state index contributed by atoms with van der Waals surface area (Å²) in [7, 11) is 0. The lowest BCUT2D eigenvalue weighted by Crippen LogP contribution is -2.06. The molecule has 0 saturated heterocycles. The summed E-state index contributed by atoms with van der Waals surface area (Å²) in [6, 6.07) is 4.51. The second kappa shape index (κ2) is 4.23. The zero-order chi connectivity index (χ0) is 10.8. The maximum absolute atomic E-state index is 5.56. The highest BCUT2D eigenvalue weighted by Gasteiger charge is 2.23. The molecule has 1 unspecified atom stereocenters. The van der Waals surface area contributed by atoms with E-state index >= 15 is 0 Å². The first kappa shape index (κ1) is 10.5. The van der Waals surface area contributed by atoms with Gasteiger partial charge in [-0.2, -0.15) is 0 Å². The molecule has 2 heteroatoms. The van der Waals surface area contributed by atoms with Gasteiger partial charge in [0, 0.05) is 18.2 Å².